The molecule has 0 unspecified atom stereocenters. The molecule has 0 aromatic carbocycles. The SMILES string of the molecule is CCCN(CCC)[C@@H]1CCc2ncccc2C1. The van der Waals surface area contributed by atoms with Crippen LogP contribution in [0.5, 0.6) is 0 Å². The molecule has 0 saturated heterocycles. The first-order chi connectivity index (χ1) is 8.35. The fourth-order valence-electron chi connectivity index (χ4n) is 2.90. The van der Waals surface area contributed by atoms with Gasteiger partial charge in [-0.2, -0.15) is 0 Å². The molecule has 94 valence electrons. The van der Waals surface area contributed by atoms with Crippen LogP contribution in [0.25, 0.3) is 0 Å². The van der Waals surface area contributed by atoms with E-state index >= 15 is 0 Å². The van der Waals surface area contributed by atoms with Crippen molar-refractivity contribution >= 4 is 0 Å². The van der Waals surface area contributed by atoms with Crippen molar-refractivity contribution in [1.82, 2.24) is 9.88 Å². The smallest absolute Gasteiger partial charge is 0.0436 e. The summed E-state index contributed by atoms with van der Waals surface area (Å²) in [6.07, 6.45) is 8.08. The van der Waals surface area contributed by atoms with Gasteiger partial charge in [0.25, 0.3) is 0 Å². The minimum absolute atomic E-state index is 0.742. The Balaban J connectivity index is 2.04. The molecule has 0 bridgehead atoms. The van der Waals surface area contributed by atoms with Crippen LogP contribution in [0.4, 0.5) is 0 Å². The summed E-state index contributed by atoms with van der Waals surface area (Å²) in [5.41, 5.74) is 2.80. The van der Waals surface area contributed by atoms with Crippen LogP contribution in [-0.2, 0) is 12.8 Å². The maximum Gasteiger partial charge on any atom is 0.0436 e. The summed E-state index contributed by atoms with van der Waals surface area (Å²) in [5, 5.41) is 0. The predicted octanol–water partition coefficient (Wildman–Crippen LogP) is 3.06. The third-order valence-electron chi connectivity index (χ3n) is 3.69. The van der Waals surface area contributed by atoms with E-state index in [1.165, 1.54) is 50.0 Å². The lowest BCUT2D eigenvalue weighted by molar-refractivity contribution is 0.179. The van der Waals surface area contributed by atoms with Crippen LogP contribution >= 0.6 is 0 Å². The maximum absolute atomic E-state index is 4.49. The lowest BCUT2D eigenvalue weighted by Crippen LogP contribution is -2.40. The first kappa shape index (κ1) is 12.6. The summed E-state index contributed by atoms with van der Waals surface area (Å²) in [5.74, 6) is 0. The van der Waals surface area contributed by atoms with Gasteiger partial charge in [0.15, 0.2) is 0 Å². The third-order valence-corrected chi connectivity index (χ3v) is 3.69. The van der Waals surface area contributed by atoms with Crippen LogP contribution in [0.15, 0.2) is 18.3 Å². The second kappa shape index (κ2) is 6.15. The monoisotopic (exact) mass is 232 g/mol. The lowest BCUT2D eigenvalue weighted by atomic mass is 9.90. The zero-order valence-corrected chi connectivity index (χ0v) is 11.2. The lowest BCUT2D eigenvalue weighted by Gasteiger charge is -2.34. The van der Waals surface area contributed by atoms with Gasteiger partial charge in [0, 0.05) is 17.9 Å². The van der Waals surface area contributed by atoms with Crippen LogP contribution in [0.1, 0.15) is 44.4 Å². The second-order valence-electron chi connectivity index (χ2n) is 5.04. The Hall–Kier alpha value is -0.890. The molecule has 0 fully saturated rings. The van der Waals surface area contributed by atoms with Gasteiger partial charge in [0.05, 0.1) is 0 Å². The number of nitrogens with zero attached hydrogens (tertiary/aromatic N) is 2. The van der Waals surface area contributed by atoms with E-state index in [1.54, 1.807) is 0 Å². The first-order valence-corrected chi connectivity index (χ1v) is 7.02. The fourth-order valence-corrected chi connectivity index (χ4v) is 2.90. The summed E-state index contributed by atoms with van der Waals surface area (Å²) in [6.45, 7) is 7.05. The molecule has 1 heterocycles. The number of aromatic nitrogens is 1. The molecule has 2 nitrogen and oxygen atoms in total. The Labute approximate surface area is 105 Å². The quantitative estimate of drug-likeness (QED) is 0.775. The van der Waals surface area contributed by atoms with E-state index in [0.717, 1.165) is 12.5 Å². The van der Waals surface area contributed by atoms with Gasteiger partial charge in [-0.25, -0.2) is 0 Å². The van der Waals surface area contributed by atoms with Crippen molar-refractivity contribution in [3.05, 3.63) is 29.6 Å². The largest absolute Gasteiger partial charge is 0.300 e. The van der Waals surface area contributed by atoms with E-state index < -0.39 is 0 Å². The number of fused-ring (bicyclic) bond motifs is 1. The van der Waals surface area contributed by atoms with Gasteiger partial charge in [-0.05, 0) is 56.8 Å². The summed E-state index contributed by atoms with van der Waals surface area (Å²) in [7, 11) is 0. The van der Waals surface area contributed by atoms with E-state index in [9.17, 15) is 0 Å². The molecular formula is C15H24N2. The number of hydrogen-bond donors (Lipinski definition) is 0. The van der Waals surface area contributed by atoms with Crippen molar-refractivity contribution in [3.8, 4) is 0 Å². The molecule has 2 heteroatoms. The summed E-state index contributed by atoms with van der Waals surface area (Å²) < 4.78 is 0. The second-order valence-corrected chi connectivity index (χ2v) is 5.04. The van der Waals surface area contributed by atoms with Crippen molar-refractivity contribution in [2.45, 2.75) is 52.0 Å². The van der Waals surface area contributed by atoms with Crippen molar-refractivity contribution < 1.29 is 0 Å². The number of aryl methyl sites for hydroxylation is 1. The predicted molar refractivity (Wildman–Crippen MR) is 72.2 cm³/mol. The van der Waals surface area contributed by atoms with Gasteiger partial charge in [0.1, 0.15) is 0 Å². The molecule has 1 aromatic rings. The fraction of sp³-hybridized carbons (Fsp3) is 0.667. The topological polar surface area (TPSA) is 16.1 Å². The molecule has 0 aliphatic heterocycles. The number of hydrogen-bond acceptors (Lipinski definition) is 2. The van der Waals surface area contributed by atoms with Crippen LogP contribution in [0, 0.1) is 0 Å². The molecule has 1 aromatic heterocycles. The first-order valence-electron chi connectivity index (χ1n) is 7.02. The molecule has 1 aliphatic carbocycles. The highest BCUT2D eigenvalue weighted by atomic mass is 15.1. The summed E-state index contributed by atoms with van der Waals surface area (Å²) in [6, 6.07) is 5.07. The molecule has 17 heavy (non-hydrogen) atoms. The van der Waals surface area contributed by atoms with E-state index in [1.807, 2.05) is 6.20 Å². The average Bonchev–Trinajstić information content (AvgIpc) is 2.38. The van der Waals surface area contributed by atoms with E-state index in [2.05, 4.69) is 35.9 Å². The Morgan fingerprint density at radius 2 is 2.06 bits per heavy atom. The van der Waals surface area contributed by atoms with Crippen molar-refractivity contribution in [2.24, 2.45) is 0 Å². The van der Waals surface area contributed by atoms with Crippen LogP contribution in [-0.4, -0.2) is 29.0 Å². The minimum Gasteiger partial charge on any atom is -0.300 e. The zero-order chi connectivity index (χ0) is 12.1. The van der Waals surface area contributed by atoms with Crippen molar-refractivity contribution in [2.75, 3.05) is 13.1 Å². The molecule has 0 spiro atoms. The molecule has 2 rings (SSSR count). The van der Waals surface area contributed by atoms with Gasteiger partial charge < -0.3 is 4.90 Å². The molecule has 1 atom stereocenters. The normalized spacial score (nSPS) is 19.4. The van der Waals surface area contributed by atoms with Gasteiger partial charge in [-0.3, -0.25) is 4.98 Å². The highest BCUT2D eigenvalue weighted by Gasteiger charge is 2.23. The molecule has 0 radical (unpaired) electrons. The number of pyridine rings is 1. The Morgan fingerprint density at radius 1 is 1.29 bits per heavy atom. The molecule has 1 aliphatic rings. The summed E-state index contributed by atoms with van der Waals surface area (Å²) >= 11 is 0. The van der Waals surface area contributed by atoms with Crippen LogP contribution in [0.3, 0.4) is 0 Å². The minimum atomic E-state index is 0.742. The Bertz CT molecular complexity index is 343. The molecular weight excluding hydrogens is 208 g/mol. The van der Waals surface area contributed by atoms with Gasteiger partial charge in [0.2, 0.25) is 0 Å². The summed E-state index contributed by atoms with van der Waals surface area (Å²) in [4.78, 5) is 7.16. The van der Waals surface area contributed by atoms with Gasteiger partial charge >= 0.3 is 0 Å². The standard InChI is InChI=1S/C15H24N2/c1-3-10-17(11-4-2)14-7-8-15-13(12-14)6-5-9-16-15/h5-6,9,14H,3-4,7-8,10-12H2,1-2H3/t14-/m1/s1. The third kappa shape index (κ3) is 3.06. The highest BCUT2D eigenvalue weighted by Crippen LogP contribution is 2.23. The maximum atomic E-state index is 4.49. The molecule has 0 amide bonds. The average molecular weight is 232 g/mol. The van der Waals surface area contributed by atoms with Crippen LogP contribution in [0.2, 0.25) is 0 Å². The Kier molecular flexibility index (Phi) is 4.55. The zero-order valence-electron chi connectivity index (χ0n) is 11.2. The van der Waals surface area contributed by atoms with Crippen LogP contribution < -0.4 is 0 Å². The number of rotatable bonds is 5. The van der Waals surface area contributed by atoms with Gasteiger partial charge in [-0.1, -0.05) is 19.9 Å². The van der Waals surface area contributed by atoms with Gasteiger partial charge in [-0.15, -0.1) is 0 Å². The highest BCUT2D eigenvalue weighted by molar-refractivity contribution is 5.23. The van der Waals surface area contributed by atoms with Crippen molar-refractivity contribution in [3.63, 3.8) is 0 Å². The Morgan fingerprint density at radius 3 is 2.76 bits per heavy atom. The molecule has 0 N–H and O–H groups in total. The van der Waals surface area contributed by atoms with E-state index in [-0.39, 0.29) is 0 Å². The molecule has 0 saturated carbocycles. The van der Waals surface area contributed by atoms with E-state index in [4.69, 9.17) is 0 Å². The van der Waals surface area contributed by atoms with E-state index in [0.29, 0.717) is 0 Å². The van der Waals surface area contributed by atoms with Crippen molar-refractivity contribution in [1.29, 1.82) is 0 Å².